The second-order valence-corrected chi connectivity index (χ2v) is 3.43. The van der Waals surface area contributed by atoms with Crippen LogP contribution in [-0.4, -0.2) is 31.8 Å². The van der Waals surface area contributed by atoms with Crippen LogP contribution in [0.3, 0.4) is 0 Å². The summed E-state index contributed by atoms with van der Waals surface area (Å²) in [7, 11) is 0. The zero-order valence-electron chi connectivity index (χ0n) is 8.61. The highest BCUT2D eigenvalue weighted by Gasteiger charge is 2.22. The lowest BCUT2D eigenvalue weighted by Gasteiger charge is -2.21. The number of anilines is 1. The standard InChI is InChI=1S/C11H12FNO3/c12-8-2-1-3-9(6-8)13-11(14)10-7-15-4-5-16-10/h1-3,6,10H,4-5,7H2,(H,13,14)/t10-/m0/s1. The van der Waals surface area contributed by atoms with Gasteiger partial charge in [-0.2, -0.15) is 0 Å². The van der Waals surface area contributed by atoms with Crippen LogP contribution in [0.1, 0.15) is 0 Å². The van der Waals surface area contributed by atoms with Crippen LogP contribution in [0.25, 0.3) is 0 Å². The maximum Gasteiger partial charge on any atom is 0.255 e. The van der Waals surface area contributed by atoms with Crippen molar-refractivity contribution in [3.8, 4) is 0 Å². The van der Waals surface area contributed by atoms with E-state index in [1.165, 1.54) is 18.2 Å². The molecule has 1 atom stereocenters. The van der Waals surface area contributed by atoms with Crippen molar-refractivity contribution in [2.45, 2.75) is 6.10 Å². The molecule has 0 saturated carbocycles. The van der Waals surface area contributed by atoms with Crippen molar-refractivity contribution in [2.75, 3.05) is 25.1 Å². The average Bonchev–Trinajstić information content (AvgIpc) is 2.30. The first kappa shape index (κ1) is 11.0. The molecule has 1 heterocycles. The van der Waals surface area contributed by atoms with E-state index in [9.17, 15) is 9.18 Å². The van der Waals surface area contributed by atoms with Crippen LogP contribution in [0.15, 0.2) is 24.3 Å². The summed E-state index contributed by atoms with van der Waals surface area (Å²) in [5.74, 6) is -0.705. The maximum absolute atomic E-state index is 12.9. The van der Waals surface area contributed by atoms with Crippen molar-refractivity contribution in [2.24, 2.45) is 0 Å². The Morgan fingerprint density at radius 3 is 3.00 bits per heavy atom. The first-order valence-electron chi connectivity index (χ1n) is 5.01. The molecule has 1 aliphatic heterocycles. The minimum Gasteiger partial charge on any atom is -0.376 e. The number of hydrogen-bond acceptors (Lipinski definition) is 3. The molecule has 16 heavy (non-hydrogen) atoms. The minimum absolute atomic E-state index is 0.237. The molecule has 1 amide bonds. The van der Waals surface area contributed by atoms with Gasteiger partial charge in [-0.3, -0.25) is 4.79 Å². The smallest absolute Gasteiger partial charge is 0.255 e. The number of hydrogen-bond donors (Lipinski definition) is 1. The van der Waals surface area contributed by atoms with Gasteiger partial charge in [0.2, 0.25) is 0 Å². The lowest BCUT2D eigenvalue weighted by atomic mass is 10.2. The van der Waals surface area contributed by atoms with E-state index in [-0.39, 0.29) is 12.5 Å². The van der Waals surface area contributed by atoms with E-state index in [2.05, 4.69) is 5.32 Å². The number of ether oxygens (including phenoxy) is 2. The van der Waals surface area contributed by atoms with Crippen LogP contribution in [0, 0.1) is 5.82 Å². The van der Waals surface area contributed by atoms with Crippen LogP contribution in [0.5, 0.6) is 0 Å². The Balaban J connectivity index is 1.96. The van der Waals surface area contributed by atoms with Crippen molar-refractivity contribution in [3.05, 3.63) is 30.1 Å². The van der Waals surface area contributed by atoms with Gasteiger partial charge in [0.1, 0.15) is 5.82 Å². The van der Waals surface area contributed by atoms with E-state index in [1.54, 1.807) is 6.07 Å². The SMILES string of the molecule is O=C(Nc1cccc(F)c1)[C@@H]1COCCO1. The highest BCUT2D eigenvalue weighted by molar-refractivity contribution is 5.94. The van der Waals surface area contributed by atoms with Crippen molar-refractivity contribution in [3.63, 3.8) is 0 Å². The molecular formula is C11H12FNO3. The molecule has 0 radical (unpaired) electrons. The van der Waals surface area contributed by atoms with E-state index >= 15 is 0 Å². The number of carbonyl (C=O) groups is 1. The van der Waals surface area contributed by atoms with Gasteiger partial charge in [0, 0.05) is 5.69 Å². The summed E-state index contributed by atoms with van der Waals surface area (Å²) >= 11 is 0. The molecule has 1 aliphatic rings. The molecule has 1 saturated heterocycles. The molecule has 0 bridgehead atoms. The molecule has 1 aromatic carbocycles. The monoisotopic (exact) mass is 225 g/mol. The Labute approximate surface area is 92.4 Å². The van der Waals surface area contributed by atoms with Gasteiger partial charge in [0.25, 0.3) is 5.91 Å². The Kier molecular flexibility index (Phi) is 3.48. The van der Waals surface area contributed by atoms with Crippen LogP contribution in [-0.2, 0) is 14.3 Å². The predicted octanol–water partition coefficient (Wildman–Crippen LogP) is 1.18. The van der Waals surface area contributed by atoms with Gasteiger partial charge in [-0.1, -0.05) is 6.07 Å². The van der Waals surface area contributed by atoms with Crippen molar-refractivity contribution < 1.29 is 18.7 Å². The second-order valence-electron chi connectivity index (χ2n) is 3.43. The number of nitrogens with one attached hydrogen (secondary N) is 1. The molecule has 4 nitrogen and oxygen atoms in total. The van der Waals surface area contributed by atoms with Gasteiger partial charge in [-0.25, -0.2) is 4.39 Å². The third kappa shape index (κ3) is 2.77. The Hall–Kier alpha value is -1.46. The largest absolute Gasteiger partial charge is 0.376 e. The van der Waals surface area contributed by atoms with Gasteiger partial charge in [-0.15, -0.1) is 0 Å². The Morgan fingerprint density at radius 2 is 2.31 bits per heavy atom. The third-order valence-corrected chi connectivity index (χ3v) is 2.20. The zero-order valence-corrected chi connectivity index (χ0v) is 8.61. The fourth-order valence-corrected chi connectivity index (χ4v) is 1.43. The molecule has 0 unspecified atom stereocenters. The van der Waals surface area contributed by atoms with Crippen molar-refractivity contribution in [1.29, 1.82) is 0 Å². The quantitative estimate of drug-likeness (QED) is 0.822. The number of amides is 1. The van der Waals surface area contributed by atoms with E-state index in [1.807, 2.05) is 0 Å². The van der Waals surface area contributed by atoms with Gasteiger partial charge < -0.3 is 14.8 Å². The molecule has 86 valence electrons. The maximum atomic E-state index is 12.9. The first-order valence-corrected chi connectivity index (χ1v) is 5.01. The van der Waals surface area contributed by atoms with Crippen LogP contribution in [0.4, 0.5) is 10.1 Å². The Morgan fingerprint density at radius 1 is 1.44 bits per heavy atom. The van der Waals surface area contributed by atoms with Gasteiger partial charge in [0.05, 0.1) is 19.8 Å². The molecule has 5 heteroatoms. The molecule has 1 fully saturated rings. The molecule has 1 N–H and O–H groups in total. The topological polar surface area (TPSA) is 47.6 Å². The summed E-state index contributed by atoms with van der Waals surface area (Å²) in [6.07, 6.45) is -0.614. The number of rotatable bonds is 2. The highest BCUT2D eigenvalue weighted by Crippen LogP contribution is 2.11. The van der Waals surface area contributed by atoms with Gasteiger partial charge in [0.15, 0.2) is 6.10 Å². The first-order chi connectivity index (χ1) is 7.75. The zero-order chi connectivity index (χ0) is 11.4. The lowest BCUT2D eigenvalue weighted by Crippen LogP contribution is -2.39. The van der Waals surface area contributed by atoms with Crippen molar-refractivity contribution in [1.82, 2.24) is 0 Å². The van der Waals surface area contributed by atoms with Gasteiger partial charge >= 0.3 is 0 Å². The third-order valence-electron chi connectivity index (χ3n) is 2.20. The Bertz CT molecular complexity index is 377. The van der Waals surface area contributed by atoms with E-state index in [4.69, 9.17) is 9.47 Å². The van der Waals surface area contributed by atoms with Crippen molar-refractivity contribution >= 4 is 11.6 Å². The summed E-state index contributed by atoms with van der Waals surface area (Å²) in [4.78, 5) is 11.6. The minimum atomic E-state index is -0.614. The van der Waals surface area contributed by atoms with Gasteiger partial charge in [-0.05, 0) is 18.2 Å². The summed E-state index contributed by atoms with van der Waals surface area (Å²) in [5.41, 5.74) is 0.416. The average molecular weight is 225 g/mol. The van der Waals surface area contributed by atoms with Crippen LogP contribution >= 0.6 is 0 Å². The molecule has 0 aliphatic carbocycles. The second kappa shape index (κ2) is 5.05. The fourth-order valence-electron chi connectivity index (χ4n) is 1.43. The van der Waals surface area contributed by atoms with Crippen LogP contribution in [0.2, 0.25) is 0 Å². The van der Waals surface area contributed by atoms with Crippen LogP contribution < -0.4 is 5.32 Å². The molecular weight excluding hydrogens is 213 g/mol. The molecule has 0 spiro atoms. The normalized spacial score (nSPS) is 20.4. The molecule has 0 aromatic heterocycles. The number of benzene rings is 1. The number of halogens is 1. The van der Waals surface area contributed by atoms with E-state index < -0.39 is 11.9 Å². The summed E-state index contributed by atoms with van der Waals surface area (Å²) in [5, 5.41) is 2.57. The predicted molar refractivity (Wildman–Crippen MR) is 55.6 cm³/mol. The summed E-state index contributed by atoms with van der Waals surface area (Å²) in [6.45, 7) is 1.14. The van der Waals surface area contributed by atoms with E-state index in [0.717, 1.165) is 0 Å². The van der Waals surface area contributed by atoms with E-state index in [0.29, 0.717) is 18.9 Å². The molecule has 1 aromatic rings. The highest BCUT2D eigenvalue weighted by atomic mass is 19.1. The summed E-state index contributed by atoms with van der Waals surface area (Å²) < 4.78 is 23.2. The summed E-state index contributed by atoms with van der Waals surface area (Å²) in [6, 6.07) is 5.71. The number of carbonyl (C=O) groups excluding carboxylic acids is 1. The lowest BCUT2D eigenvalue weighted by molar-refractivity contribution is -0.142. The molecule has 2 rings (SSSR count). The fraction of sp³-hybridized carbons (Fsp3) is 0.364.